The molecular formula is C22H17ClFN3O3S. The number of carbonyl (C=O) groups is 1. The van der Waals surface area contributed by atoms with Crippen LogP contribution in [-0.4, -0.2) is 14.3 Å². The summed E-state index contributed by atoms with van der Waals surface area (Å²) in [5.41, 5.74) is 1.43. The first kappa shape index (κ1) is 22.3. The fourth-order valence-corrected chi connectivity index (χ4v) is 4.07. The van der Waals surface area contributed by atoms with Gasteiger partial charge in [-0.2, -0.15) is 5.26 Å². The van der Waals surface area contributed by atoms with Gasteiger partial charge in [-0.15, -0.1) is 0 Å². The zero-order valence-electron chi connectivity index (χ0n) is 16.3. The molecule has 0 aliphatic heterocycles. The number of hydrogen-bond acceptors (Lipinski definition) is 4. The molecule has 31 heavy (non-hydrogen) atoms. The van der Waals surface area contributed by atoms with Crippen LogP contribution >= 0.6 is 11.6 Å². The van der Waals surface area contributed by atoms with Crippen LogP contribution in [0.25, 0.3) is 0 Å². The summed E-state index contributed by atoms with van der Waals surface area (Å²) < 4.78 is 40.7. The SMILES string of the molecule is CC(NC(=O)c1cc(S(=O)(=O)Nc2ccc(F)cc2)ccc1Cl)c1ccc(C#N)cc1. The average Bonchev–Trinajstić information content (AvgIpc) is 2.75. The lowest BCUT2D eigenvalue weighted by atomic mass is 10.1. The Balaban J connectivity index is 1.81. The second kappa shape index (κ2) is 9.16. The minimum absolute atomic E-state index is 0.0101. The lowest BCUT2D eigenvalue weighted by Crippen LogP contribution is -2.27. The Morgan fingerprint density at radius 3 is 2.32 bits per heavy atom. The number of nitrogens with one attached hydrogen (secondary N) is 2. The van der Waals surface area contributed by atoms with E-state index in [1.165, 1.54) is 30.3 Å². The highest BCUT2D eigenvalue weighted by molar-refractivity contribution is 7.92. The summed E-state index contributed by atoms with van der Waals surface area (Å²) in [6.45, 7) is 1.75. The minimum atomic E-state index is -4.03. The van der Waals surface area contributed by atoms with Crippen LogP contribution < -0.4 is 10.0 Å². The fraction of sp³-hybridized carbons (Fsp3) is 0.0909. The molecule has 0 fully saturated rings. The van der Waals surface area contributed by atoms with E-state index in [-0.39, 0.29) is 21.2 Å². The van der Waals surface area contributed by atoms with E-state index in [1.807, 2.05) is 6.07 Å². The molecule has 0 spiro atoms. The standard InChI is InChI=1S/C22H17ClFN3O3S/c1-14(16-4-2-15(13-25)3-5-16)26-22(28)20-12-19(10-11-21(20)23)31(29,30)27-18-8-6-17(24)7-9-18/h2-12,14,27H,1H3,(H,26,28). The van der Waals surface area contributed by atoms with Crippen LogP contribution in [0.2, 0.25) is 5.02 Å². The molecule has 6 nitrogen and oxygen atoms in total. The molecule has 0 aromatic heterocycles. The number of nitrogens with zero attached hydrogens (tertiary/aromatic N) is 1. The normalized spacial score (nSPS) is 11.9. The number of hydrogen-bond donors (Lipinski definition) is 2. The molecule has 9 heteroatoms. The smallest absolute Gasteiger partial charge is 0.261 e. The Labute approximate surface area is 184 Å². The van der Waals surface area contributed by atoms with Gasteiger partial charge >= 0.3 is 0 Å². The van der Waals surface area contributed by atoms with Crippen molar-refractivity contribution in [1.29, 1.82) is 5.26 Å². The highest BCUT2D eigenvalue weighted by Crippen LogP contribution is 2.24. The van der Waals surface area contributed by atoms with Gasteiger partial charge in [-0.1, -0.05) is 23.7 Å². The van der Waals surface area contributed by atoms with E-state index in [0.717, 1.165) is 17.7 Å². The van der Waals surface area contributed by atoms with Crippen LogP contribution in [0.1, 0.15) is 34.5 Å². The van der Waals surface area contributed by atoms with Gasteiger partial charge in [0, 0.05) is 5.69 Å². The van der Waals surface area contributed by atoms with Crippen molar-refractivity contribution in [2.45, 2.75) is 17.9 Å². The number of sulfonamides is 1. The Morgan fingerprint density at radius 1 is 1.06 bits per heavy atom. The van der Waals surface area contributed by atoms with Gasteiger partial charge in [0.25, 0.3) is 15.9 Å². The Kier molecular flexibility index (Phi) is 6.59. The maximum Gasteiger partial charge on any atom is 0.261 e. The zero-order valence-corrected chi connectivity index (χ0v) is 17.8. The van der Waals surface area contributed by atoms with Gasteiger partial charge in [0.15, 0.2) is 0 Å². The van der Waals surface area contributed by atoms with E-state index >= 15 is 0 Å². The lowest BCUT2D eigenvalue weighted by Gasteiger charge is -2.16. The second-order valence-electron chi connectivity index (χ2n) is 6.68. The topological polar surface area (TPSA) is 99.1 Å². The molecule has 1 amide bonds. The summed E-state index contributed by atoms with van der Waals surface area (Å²) in [6, 6.07) is 16.9. The van der Waals surface area contributed by atoms with Crippen molar-refractivity contribution in [1.82, 2.24) is 5.32 Å². The molecule has 3 aromatic carbocycles. The molecule has 0 heterocycles. The molecule has 0 saturated carbocycles. The second-order valence-corrected chi connectivity index (χ2v) is 8.77. The molecule has 0 saturated heterocycles. The first-order chi connectivity index (χ1) is 14.7. The van der Waals surface area contributed by atoms with Crippen LogP contribution in [0.5, 0.6) is 0 Å². The molecule has 3 aromatic rings. The van der Waals surface area contributed by atoms with E-state index in [9.17, 15) is 17.6 Å². The van der Waals surface area contributed by atoms with Crippen molar-refractivity contribution in [3.63, 3.8) is 0 Å². The highest BCUT2D eigenvalue weighted by atomic mass is 35.5. The number of carbonyl (C=O) groups excluding carboxylic acids is 1. The Bertz CT molecular complexity index is 1250. The van der Waals surface area contributed by atoms with Crippen molar-refractivity contribution in [3.05, 3.63) is 94.3 Å². The molecule has 0 bridgehead atoms. The number of benzene rings is 3. The van der Waals surface area contributed by atoms with Crippen molar-refractivity contribution in [2.75, 3.05) is 4.72 Å². The molecule has 0 aliphatic carbocycles. The predicted octanol–water partition coefficient (Wildman–Crippen LogP) is 4.64. The third-order valence-electron chi connectivity index (χ3n) is 4.48. The van der Waals surface area contributed by atoms with E-state index in [4.69, 9.17) is 16.9 Å². The minimum Gasteiger partial charge on any atom is -0.345 e. The number of nitriles is 1. The number of amides is 1. The molecular weight excluding hydrogens is 441 g/mol. The monoisotopic (exact) mass is 457 g/mol. The van der Waals surface area contributed by atoms with Crippen molar-refractivity contribution in [2.24, 2.45) is 0 Å². The van der Waals surface area contributed by atoms with E-state index < -0.39 is 27.8 Å². The predicted molar refractivity (Wildman–Crippen MR) is 116 cm³/mol. The summed E-state index contributed by atoms with van der Waals surface area (Å²) in [5.74, 6) is -1.05. The number of halogens is 2. The fourth-order valence-electron chi connectivity index (χ4n) is 2.78. The molecule has 2 N–H and O–H groups in total. The molecule has 3 rings (SSSR count). The zero-order chi connectivity index (χ0) is 22.6. The summed E-state index contributed by atoms with van der Waals surface area (Å²) >= 11 is 6.13. The van der Waals surface area contributed by atoms with Crippen LogP contribution in [0.4, 0.5) is 10.1 Å². The number of anilines is 1. The van der Waals surface area contributed by atoms with E-state index in [2.05, 4.69) is 10.0 Å². The van der Waals surface area contributed by atoms with Crippen LogP contribution in [-0.2, 0) is 10.0 Å². The third kappa shape index (κ3) is 5.40. The Morgan fingerprint density at radius 2 is 1.71 bits per heavy atom. The number of rotatable bonds is 6. The van der Waals surface area contributed by atoms with Crippen molar-refractivity contribution in [3.8, 4) is 6.07 Å². The lowest BCUT2D eigenvalue weighted by molar-refractivity contribution is 0.0940. The van der Waals surface area contributed by atoms with E-state index in [1.54, 1.807) is 31.2 Å². The van der Waals surface area contributed by atoms with Crippen LogP contribution in [0.3, 0.4) is 0 Å². The third-order valence-corrected chi connectivity index (χ3v) is 6.19. The van der Waals surface area contributed by atoms with Gasteiger partial charge in [-0.25, -0.2) is 12.8 Å². The highest BCUT2D eigenvalue weighted by Gasteiger charge is 2.20. The summed E-state index contributed by atoms with van der Waals surface area (Å²) in [4.78, 5) is 12.6. The molecule has 0 radical (unpaired) electrons. The summed E-state index contributed by atoms with van der Waals surface area (Å²) in [6.07, 6.45) is 0. The molecule has 0 aliphatic rings. The van der Waals surface area contributed by atoms with Gasteiger partial charge in [0.2, 0.25) is 0 Å². The van der Waals surface area contributed by atoms with Gasteiger partial charge in [-0.05, 0) is 67.1 Å². The maximum atomic E-state index is 13.0. The first-order valence-corrected chi connectivity index (χ1v) is 10.9. The van der Waals surface area contributed by atoms with Gasteiger partial charge in [-0.3, -0.25) is 9.52 Å². The van der Waals surface area contributed by atoms with E-state index in [0.29, 0.717) is 5.56 Å². The van der Waals surface area contributed by atoms with Gasteiger partial charge in [0.05, 0.1) is 33.2 Å². The van der Waals surface area contributed by atoms with Gasteiger partial charge in [0.1, 0.15) is 5.82 Å². The largest absolute Gasteiger partial charge is 0.345 e. The summed E-state index contributed by atoms with van der Waals surface area (Å²) in [7, 11) is -4.03. The quantitative estimate of drug-likeness (QED) is 0.563. The summed E-state index contributed by atoms with van der Waals surface area (Å²) in [5, 5.41) is 11.7. The Hall–Kier alpha value is -3.41. The molecule has 158 valence electrons. The molecule has 1 atom stereocenters. The van der Waals surface area contributed by atoms with Crippen molar-refractivity contribution < 1.29 is 17.6 Å². The first-order valence-electron chi connectivity index (χ1n) is 9.08. The van der Waals surface area contributed by atoms with Crippen LogP contribution in [0, 0.1) is 17.1 Å². The molecule has 1 unspecified atom stereocenters. The van der Waals surface area contributed by atoms with Crippen LogP contribution in [0.15, 0.2) is 71.6 Å². The average molecular weight is 458 g/mol. The maximum absolute atomic E-state index is 13.0. The van der Waals surface area contributed by atoms with Crippen molar-refractivity contribution >= 4 is 33.2 Å². The van der Waals surface area contributed by atoms with Gasteiger partial charge < -0.3 is 5.32 Å².